The van der Waals surface area contributed by atoms with Crippen LogP contribution < -0.4 is 5.32 Å². The lowest BCUT2D eigenvalue weighted by atomic mass is 10.0. The molecule has 1 N–H and O–H groups in total. The first kappa shape index (κ1) is 19.1. The number of carbonyl (C=O) groups excluding carboxylic acids is 3. The fraction of sp³-hybridized carbons (Fsp3) is 0.174. The van der Waals surface area contributed by atoms with Crippen LogP contribution in [0, 0.1) is 0 Å². The zero-order valence-corrected chi connectivity index (χ0v) is 16.7. The summed E-state index contributed by atoms with van der Waals surface area (Å²) in [5.41, 5.74) is 2.98. The van der Waals surface area contributed by atoms with Crippen LogP contribution in [0.5, 0.6) is 0 Å². The molecule has 0 unspecified atom stereocenters. The van der Waals surface area contributed by atoms with E-state index < -0.39 is 5.97 Å². The Kier molecular flexibility index (Phi) is 5.27. The minimum absolute atomic E-state index is 0.0970. The molecule has 0 spiro atoms. The molecular weight excluding hydrogens is 386 g/mol. The number of fused-ring (bicyclic) bond motifs is 1. The quantitative estimate of drug-likeness (QED) is 0.501. The van der Waals surface area contributed by atoms with Crippen LogP contribution in [0.25, 0.3) is 0 Å². The highest BCUT2D eigenvalue weighted by Crippen LogP contribution is 2.39. The Labute approximate surface area is 172 Å². The van der Waals surface area contributed by atoms with E-state index in [0.717, 1.165) is 29.7 Å². The largest absolute Gasteiger partial charge is 0.465 e. The Balaban J connectivity index is 1.54. The summed E-state index contributed by atoms with van der Waals surface area (Å²) < 4.78 is 4.91. The van der Waals surface area contributed by atoms with E-state index in [9.17, 15) is 14.4 Å². The third kappa shape index (κ3) is 3.71. The van der Waals surface area contributed by atoms with Crippen molar-refractivity contribution < 1.29 is 19.1 Å². The number of esters is 1. The molecule has 0 aliphatic heterocycles. The van der Waals surface area contributed by atoms with Crippen LogP contribution in [0.3, 0.4) is 0 Å². The van der Waals surface area contributed by atoms with E-state index >= 15 is 0 Å². The normalized spacial score (nSPS) is 12.3. The summed E-state index contributed by atoms with van der Waals surface area (Å²) in [5.74, 6) is -0.850. The number of anilines is 1. The molecule has 4 rings (SSSR count). The summed E-state index contributed by atoms with van der Waals surface area (Å²) >= 11 is 1.43. The Morgan fingerprint density at radius 1 is 0.897 bits per heavy atom. The summed E-state index contributed by atoms with van der Waals surface area (Å²) in [6.07, 6.45) is 2.74. The lowest BCUT2D eigenvalue weighted by Gasteiger charge is -2.08. The molecule has 29 heavy (non-hydrogen) atoms. The molecule has 1 heterocycles. The van der Waals surface area contributed by atoms with Crippen molar-refractivity contribution in [2.45, 2.75) is 19.3 Å². The van der Waals surface area contributed by atoms with Gasteiger partial charge in [0.25, 0.3) is 5.91 Å². The molecule has 6 heteroatoms. The van der Waals surface area contributed by atoms with Crippen LogP contribution >= 0.6 is 11.3 Å². The van der Waals surface area contributed by atoms with Crippen molar-refractivity contribution >= 4 is 34.0 Å². The number of hydrogen-bond acceptors (Lipinski definition) is 5. The molecule has 146 valence electrons. The zero-order valence-electron chi connectivity index (χ0n) is 15.9. The van der Waals surface area contributed by atoms with Crippen molar-refractivity contribution in [2.24, 2.45) is 0 Å². The maximum atomic E-state index is 12.7. The van der Waals surface area contributed by atoms with Gasteiger partial charge in [-0.3, -0.25) is 9.59 Å². The van der Waals surface area contributed by atoms with Crippen LogP contribution in [0.4, 0.5) is 5.00 Å². The molecule has 0 bridgehead atoms. The second-order valence-electron chi connectivity index (χ2n) is 6.78. The molecule has 1 amide bonds. The fourth-order valence-corrected chi connectivity index (χ4v) is 4.79. The Morgan fingerprint density at radius 2 is 1.55 bits per heavy atom. The van der Waals surface area contributed by atoms with Gasteiger partial charge in [0.05, 0.1) is 12.7 Å². The van der Waals surface area contributed by atoms with Crippen LogP contribution in [0.1, 0.15) is 53.5 Å². The summed E-state index contributed by atoms with van der Waals surface area (Å²) in [6.45, 7) is 0. The molecule has 0 fully saturated rings. The monoisotopic (exact) mass is 405 g/mol. The van der Waals surface area contributed by atoms with Gasteiger partial charge in [-0.1, -0.05) is 42.5 Å². The smallest absolute Gasteiger partial charge is 0.341 e. The van der Waals surface area contributed by atoms with Crippen molar-refractivity contribution in [1.29, 1.82) is 0 Å². The first-order valence-electron chi connectivity index (χ1n) is 9.32. The third-order valence-electron chi connectivity index (χ3n) is 4.98. The van der Waals surface area contributed by atoms with Crippen LogP contribution in [-0.4, -0.2) is 24.8 Å². The third-order valence-corrected chi connectivity index (χ3v) is 6.19. The summed E-state index contributed by atoms with van der Waals surface area (Å²) in [7, 11) is 1.34. The van der Waals surface area contributed by atoms with Crippen molar-refractivity contribution in [3.05, 3.63) is 87.3 Å². The van der Waals surface area contributed by atoms with E-state index in [-0.39, 0.29) is 11.7 Å². The highest BCUT2D eigenvalue weighted by Gasteiger charge is 2.28. The maximum Gasteiger partial charge on any atom is 0.341 e. The van der Waals surface area contributed by atoms with Crippen molar-refractivity contribution in [3.8, 4) is 0 Å². The number of thiophene rings is 1. The standard InChI is InChI=1S/C23H19NO4S/c1-28-23(27)19-17-8-5-9-18(17)29-22(19)24-21(26)16-12-10-15(11-13-16)20(25)14-6-3-2-4-7-14/h2-4,6-7,10-13H,5,8-9H2,1H3,(H,24,26). The first-order valence-corrected chi connectivity index (χ1v) is 10.1. The molecule has 5 nitrogen and oxygen atoms in total. The zero-order chi connectivity index (χ0) is 20.4. The van der Waals surface area contributed by atoms with Gasteiger partial charge in [0.15, 0.2) is 5.78 Å². The number of hydrogen-bond donors (Lipinski definition) is 1. The van der Waals surface area contributed by atoms with Crippen molar-refractivity contribution in [1.82, 2.24) is 0 Å². The van der Waals surface area contributed by atoms with Gasteiger partial charge in [-0.15, -0.1) is 11.3 Å². The number of carbonyl (C=O) groups is 3. The van der Waals surface area contributed by atoms with Gasteiger partial charge in [0.2, 0.25) is 0 Å². The molecule has 0 saturated carbocycles. The van der Waals surface area contributed by atoms with E-state index in [4.69, 9.17) is 4.74 Å². The second-order valence-corrected chi connectivity index (χ2v) is 7.88. The molecule has 3 aromatic rings. The van der Waals surface area contributed by atoms with Crippen molar-refractivity contribution in [3.63, 3.8) is 0 Å². The summed E-state index contributed by atoms with van der Waals surface area (Å²) in [5, 5.41) is 3.37. The average molecular weight is 405 g/mol. The predicted molar refractivity (Wildman–Crippen MR) is 112 cm³/mol. The van der Waals surface area contributed by atoms with Gasteiger partial charge in [-0.25, -0.2) is 4.79 Å². The van der Waals surface area contributed by atoms with Gasteiger partial charge in [-0.05, 0) is 37.0 Å². The molecular formula is C23H19NO4S. The SMILES string of the molecule is COC(=O)c1c(NC(=O)c2ccc(C(=O)c3ccccc3)cc2)sc2c1CCC2. The number of ketones is 1. The number of amides is 1. The Morgan fingerprint density at radius 3 is 2.24 bits per heavy atom. The van der Waals surface area contributed by atoms with Gasteiger partial charge in [-0.2, -0.15) is 0 Å². The molecule has 0 saturated heterocycles. The summed E-state index contributed by atoms with van der Waals surface area (Å²) in [4.78, 5) is 38.6. The predicted octanol–water partition coefficient (Wildman–Crippen LogP) is 4.51. The highest BCUT2D eigenvalue weighted by molar-refractivity contribution is 7.17. The Bertz CT molecular complexity index is 1080. The number of methoxy groups -OCH3 is 1. The minimum atomic E-state index is -0.427. The molecule has 0 radical (unpaired) electrons. The lowest BCUT2D eigenvalue weighted by Crippen LogP contribution is -2.14. The van der Waals surface area contributed by atoms with Crippen molar-refractivity contribution in [2.75, 3.05) is 12.4 Å². The van der Waals surface area contributed by atoms with E-state index in [0.29, 0.717) is 27.3 Å². The minimum Gasteiger partial charge on any atom is -0.465 e. The Hall–Kier alpha value is -3.25. The van der Waals surface area contributed by atoms with Gasteiger partial charge < -0.3 is 10.1 Å². The van der Waals surface area contributed by atoms with Gasteiger partial charge in [0, 0.05) is 21.6 Å². The molecule has 0 atom stereocenters. The number of aryl methyl sites for hydroxylation is 1. The van der Waals surface area contributed by atoms with Gasteiger partial charge in [0.1, 0.15) is 5.00 Å². The van der Waals surface area contributed by atoms with E-state index in [1.165, 1.54) is 18.4 Å². The van der Waals surface area contributed by atoms with E-state index in [1.54, 1.807) is 36.4 Å². The maximum absolute atomic E-state index is 12.7. The number of benzene rings is 2. The number of nitrogens with one attached hydrogen (secondary N) is 1. The molecule has 1 aliphatic carbocycles. The first-order chi connectivity index (χ1) is 14.1. The van der Waals surface area contributed by atoms with Crippen LogP contribution in [-0.2, 0) is 17.6 Å². The van der Waals surface area contributed by atoms with E-state index in [1.807, 2.05) is 18.2 Å². The average Bonchev–Trinajstić information content (AvgIpc) is 3.34. The van der Waals surface area contributed by atoms with E-state index in [2.05, 4.69) is 5.32 Å². The second kappa shape index (κ2) is 8.01. The van der Waals surface area contributed by atoms with Crippen LogP contribution in [0.15, 0.2) is 54.6 Å². The molecule has 1 aliphatic rings. The molecule has 2 aromatic carbocycles. The summed E-state index contributed by atoms with van der Waals surface area (Å²) in [6, 6.07) is 15.5. The topological polar surface area (TPSA) is 72.5 Å². The molecule has 1 aromatic heterocycles. The van der Waals surface area contributed by atoms with Gasteiger partial charge >= 0.3 is 5.97 Å². The highest BCUT2D eigenvalue weighted by atomic mass is 32.1. The lowest BCUT2D eigenvalue weighted by molar-refractivity contribution is 0.0601. The number of rotatable bonds is 5. The van der Waals surface area contributed by atoms with Crippen LogP contribution in [0.2, 0.25) is 0 Å². The number of ether oxygens (including phenoxy) is 1. The fourth-order valence-electron chi connectivity index (χ4n) is 3.51.